The average Bonchev–Trinajstić information content (AvgIpc) is 3.02. The van der Waals surface area contributed by atoms with E-state index in [1.807, 2.05) is 12.3 Å². The van der Waals surface area contributed by atoms with E-state index in [0.717, 1.165) is 37.2 Å². The first kappa shape index (κ1) is 15.7. The number of benzene rings is 1. The van der Waals surface area contributed by atoms with Gasteiger partial charge in [-0.15, -0.1) is 0 Å². The van der Waals surface area contributed by atoms with Gasteiger partial charge in [0.2, 0.25) is 5.91 Å². The second-order valence-corrected chi connectivity index (χ2v) is 5.89. The molecule has 1 unspecified atom stereocenters. The average molecular weight is 316 g/mol. The fourth-order valence-corrected chi connectivity index (χ4v) is 2.84. The molecule has 0 saturated carbocycles. The summed E-state index contributed by atoms with van der Waals surface area (Å²) in [5.74, 6) is 0.000550. The van der Waals surface area contributed by atoms with E-state index >= 15 is 0 Å². The number of amides is 1. The highest BCUT2D eigenvalue weighted by atomic mass is 19.1. The molecule has 1 atom stereocenters. The van der Waals surface area contributed by atoms with Gasteiger partial charge in [-0.3, -0.25) is 9.48 Å². The first-order valence-electron chi connectivity index (χ1n) is 7.96. The minimum Gasteiger partial charge on any atom is -0.350 e. The zero-order chi connectivity index (χ0) is 16.1. The Morgan fingerprint density at radius 1 is 1.43 bits per heavy atom. The highest BCUT2D eigenvalue weighted by Crippen LogP contribution is 2.21. The van der Waals surface area contributed by atoms with Crippen molar-refractivity contribution in [3.05, 3.63) is 53.6 Å². The lowest BCUT2D eigenvalue weighted by molar-refractivity contribution is -0.122. The van der Waals surface area contributed by atoms with Crippen LogP contribution in [0.3, 0.4) is 0 Å². The molecule has 0 aliphatic carbocycles. The number of carbonyl (C=O) groups is 1. The SMILES string of the molecule is O=C(Cn1ccc(C2CCCNC2)n1)NCc1cccc(F)c1. The molecule has 1 aliphatic heterocycles. The maximum atomic E-state index is 13.1. The third-order valence-electron chi connectivity index (χ3n) is 4.06. The summed E-state index contributed by atoms with van der Waals surface area (Å²) in [6.07, 6.45) is 4.13. The quantitative estimate of drug-likeness (QED) is 0.884. The molecule has 1 saturated heterocycles. The van der Waals surface area contributed by atoms with E-state index in [9.17, 15) is 9.18 Å². The molecule has 0 spiro atoms. The first-order valence-corrected chi connectivity index (χ1v) is 7.96. The molecule has 3 rings (SSSR count). The molecule has 1 aromatic carbocycles. The number of aromatic nitrogens is 2. The van der Waals surface area contributed by atoms with E-state index in [-0.39, 0.29) is 18.3 Å². The van der Waals surface area contributed by atoms with Crippen LogP contribution in [0.15, 0.2) is 36.5 Å². The number of halogens is 1. The second kappa shape index (κ2) is 7.37. The Bertz CT molecular complexity index is 664. The Kier molecular flexibility index (Phi) is 5.02. The van der Waals surface area contributed by atoms with Crippen molar-refractivity contribution in [3.8, 4) is 0 Å². The first-order chi connectivity index (χ1) is 11.2. The minimum absolute atomic E-state index is 0.134. The summed E-state index contributed by atoms with van der Waals surface area (Å²) in [7, 11) is 0. The molecule has 2 aromatic rings. The van der Waals surface area contributed by atoms with Gasteiger partial charge in [-0.2, -0.15) is 5.10 Å². The van der Waals surface area contributed by atoms with E-state index in [2.05, 4.69) is 15.7 Å². The fraction of sp³-hybridized carbons (Fsp3) is 0.412. The van der Waals surface area contributed by atoms with Crippen molar-refractivity contribution < 1.29 is 9.18 Å². The Morgan fingerprint density at radius 2 is 2.35 bits per heavy atom. The monoisotopic (exact) mass is 316 g/mol. The van der Waals surface area contributed by atoms with E-state index in [4.69, 9.17) is 0 Å². The van der Waals surface area contributed by atoms with Crippen LogP contribution in [0, 0.1) is 5.82 Å². The van der Waals surface area contributed by atoms with Gasteiger partial charge in [0.1, 0.15) is 12.4 Å². The zero-order valence-corrected chi connectivity index (χ0v) is 13.0. The lowest BCUT2D eigenvalue weighted by Crippen LogP contribution is -2.29. The predicted molar refractivity (Wildman–Crippen MR) is 85.3 cm³/mol. The van der Waals surface area contributed by atoms with E-state index in [1.165, 1.54) is 12.1 Å². The molecule has 2 N–H and O–H groups in total. The predicted octanol–water partition coefficient (Wildman–Crippen LogP) is 1.81. The van der Waals surface area contributed by atoms with Crippen molar-refractivity contribution >= 4 is 5.91 Å². The Balaban J connectivity index is 1.50. The maximum absolute atomic E-state index is 13.1. The second-order valence-electron chi connectivity index (χ2n) is 5.89. The lowest BCUT2D eigenvalue weighted by Gasteiger charge is -2.20. The van der Waals surface area contributed by atoms with Crippen molar-refractivity contribution in [1.82, 2.24) is 20.4 Å². The van der Waals surface area contributed by atoms with Crippen LogP contribution >= 0.6 is 0 Å². The van der Waals surface area contributed by atoms with Crippen LogP contribution in [-0.2, 0) is 17.9 Å². The van der Waals surface area contributed by atoms with E-state index in [1.54, 1.807) is 16.8 Å². The number of carbonyl (C=O) groups excluding carboxylic acids is 1. The molecule has 5 nitrogen and oxygen atoms in total. The Hall–Kier alpha value is -2.21. The number of rotatable bonds is 5. The summed E-state index contributed by atoms with van der Waals surface area (Å²) < 4.78 is 14.7. The number of piperidine rings is 1. The normalized spacial score (nSPS) is 17.9. The third kappa shape index (κ3) is 4.39. The summed E-state index contributed by atoms with van der Waals surface area (Å²) in [5.41, 5.74) is 1.78. The smallest absolute Gasteiger partial charge is 0.241 e. The summed E-state index contributed by atoms with van der Waals surface area (Å²) >= 11 is 0. The molecule has 23 heavy (non-hydrogen) atoms. The number of nitrogens with zero attached hydrogens (tertiary/aromatic N) is 2. The van der Waals surface area contributed by atoms with Crippen molar-refractivity contribution in [2.75, 3.05) is 13.1 Å². The molecule has 6 heteroatoms. The van der Waals surface area contributed by atoms with Crippen LogP contribution in [0.5, 0.6) is 0 Å². The van der Waals surface area contributed by atoms with Crippen molar-refractivity contribution in [1.29, 1.82) is 0 Å². The van der Waals surface area contributed by atoms with Gasteiger partial charge in [0.05, 0.1) is 5.69 Å². The topological polar surface area (TPSA) is 59.0 Å². The summed E-state index contributed by atoms with van der Waals surface area (Å²) in [4.78, 5) is 12.0. The highest BCUT2D eigenvalue weighted by molar-refractivity contribution is 5.75. The van der Waals surface area contributed by atoms with Crippen LogP contribution in [0.4, 0.5) is 4.39 Å². The van der Waals surface area contributed by atoms with Gasteiger partial charge in [-0.1, -0.05) is 12.1 Å². The molecule has 1 fully saturated rings. The van der Waals surface area contributed by atoms with Crippen molar-refractivity contribution in [2.24, 2.45) is 0 Å². The largest absolute Gasteiger partial charge is 0.350 e. The van der Waals surface area contributed by atoms with E-state index in [0.29, 0.717) is 12.5 Å². The van der Waals surface area contributed by atoms with Crippen LogP contribution in [0.2, 0.25) is 0 Å². The summed E-state index contributed by atoms with van der Waals surface area (Å²) in [6, 6.07) is 8.21. The molecule has 1 aromatic heterocycles. The number of hydrogen-bond acceptors (Lipinski definition) is 3. The molecule has 1 aliphatic rings. The Labute approximate surface area is 134 Å². The molecule has 1 amide bonds. The zero-order valence-electron chi connectivity index (χ0n) is 13.0. The minimum atomic E-state index is -0.297. The van der Waals surface area contributed by atoms with E-state index < -0.39 is 0 Å². The van der Waals surface area contributed by atoms with Gasteiger partial charge in [0.15, 0.2) is 0 Å². The molecule has 0 radical (unpaired) electrons. The van der Waals surface area contributed by atoms with Gasteiger partial charge < -0.3 is 10.6 Å². The highest BCUT2D eigenvalue weighted by Gasteiger charge is 2.17. The molecular weight excluding hydrogens is 295 g/mol. The van der Waals surface area contributed by atoms with Crippen LogP contribution in [0.25, 0.3) is 0 Å². The maximum Gasteiger partial charge on any atom is 0.241 e. The standard InChI is InChI=1S/C17H21FN4O/c18-15-5-1-3-13(9-15)10-20-17(23)12-22-8-6-16(21-22)14-4-2-7-19-11-14/h1,3,5-6,8-9,14,19H,2,4,7,10-12H2,(H,20,23). The van der Waals surface area contributed by atoms with Gasteiger partial charge >= 0.3 is 0 Å². The summed E-state index contributed by atoms with van der Waals surface area (Å²) in [5, 5.41) is 10.7. The van der Waals surface area contributed by atoms with Gasteiger partial charge in [-0.05, 0) is 43.1 Å². The number of hydrogen-bond donors (Lipinski definition) is 2. The number of nitrogens with one attached hydrogen (secondary N) is 2. The molecule has 0 bridgehead atoms. The molecule has 122 valence electrons. The van der Waals surface area contributed by atoms with Gasteiger partial charge in [0, 0.05) is 25.2 Å². The van der Waals surface area contributed by atoms with Gasteiger partial charge in [0.25, 0.3) is 0 Å². The van der Waals surface area contributed by atoms with Crippen molar-refractivity contribution in [2.45, 2.75) is 31.8 Å². The molecule has 2 heterocycles. The molecular formula is C17H21FN4O. The Morgan fingerprint density at radius 3 is 3.13 bits per heavy atom. The summed E-state index contributed by atoms with van der Waals surface area (Å²) in [6.45, 7) is 2.51. The van der Waals surface area contributed by atoms with Crippen LogP contribution in [-0.4, -0.2) is 28.8 Å². The van der Waals surface area contributed by atoms with Crippen LogP contribution in [0.1, 0.15) is 30.0 Å². The van der Waals surface area contributed by atoms with Crippen molar-refractivity contribution in [3.63, 3.8) is 0 Å². The van der Waals surface area contributed by atoms with Crippen LogP contribution < -0.4 is 10.6 Å². The fourth-order valence-electron chi connectivity index (χ4n) is 2.84. The van der Waals surface area contributed by atoms with Gasteiger partial charge in [-0.25, -0.2) is 4.39 Å². The lowest BCUT2D eigenvalue weighted by atomic mass is 9.97. The third-order valence-corrected chi connectivity index (χ3v) is 4.06.